The molecule has 1 aliphatic heterocycles. The number of aliphatic hydroxyl groups excluding tert-OH is 3. The second kappa shape index (κ2) is 9.41. The molecule has 1 saturated heterocycles. The number of ether oxygens (including phenoxy) is 1. The van der Waals surface area contributed by atoms with Gasteiger partial charge in [0.25, 0.3) is 0 Å². The lowest BCUT2D eigenvalue weighted by molar-refractivity contribution is -0.0548. The number of hydrogen-bond donors (Lipinski definition) is 4. The van der Waals surface area contributed by atoms with Crippen LogP contribution in [0, 0.1) is 6.92 Å². The summed E-state index contributed by atoms with van der Waals surface area (Å²) in [5.41, 5.74) is 8.30. The molecule has 0 amide bonds. The fourth-order valence-corrected chi connectivity index (χ4v) is 5.54. The molecule has 1 fully saturated rings. The first-order chi connectivity index (χ1) is 16.8. The van der Waals surface area contributed by atoms with Gasteiger partial charge in [0.2, 0.25) is 5.95 Å². The second-order valence-corrected chi connectivity index (χ2v) is 9.88. The fourth-order valence-electron chi connectivity index (χ4n) is 4.04. The molecule has 0 unspecified atom stereocenters. The normalized spacial score (nSPS) is 22.4. The van der Waals surface area contributed by atoms with Crippen LogP contribution < -0.4 is 11.4 Å². The van der Waals surface area contributed by atoms with Gasteiger partial charge in [-0.05, 0) is 31.4 Å². The number of aromatic nitrogens is 4. The summed E-state index contributed by atoms with van der Waals surface area (Å²) < 4.78 is 12.7. The minimum atomic E-state index is -1.31. The molecule has 0 saturated carbocycles. The van der Waals surface area contributed by atoms with Gasteiger partial charge >= 0.3 is 5.63 Å². The summed E-state index contributed by atoms with van der Waals surface area (Å²) >= 11 is 2.54. The van der Waals surface area contributed by atoms with Crippen molar-refractivity contribution in [2.45, 2.75) is 47.4 Å². The zero-order valence-electron chi connectivity index (χ0n) is 18.8. The number of nitrogen functional groups attached to an aromatic ring is 1. The Balaban J connectivity index is 1.53. The van der Waals surface area contributed by atoms with Gasteiger partial charge in [0.1, 0.15) is 34.4 Å². The van der Waals surface area contributed by atoms with Gasteiger partial charge in [-0.3, -0.25) is 4.57 Å². The molecule has 0 spiro atoms. The largest absolute Gasteiger partial charge is 0.423 e. The maximum Gasteiger partial charge on any atom is 0.340 e. The molecule has 1 aromatic carbocycles. The number of aryl methyl sites for hydroxylation is 1. The zero-order chi connectivity index (χ0) is 24.9. The van der Waals surface area contributed by atoms with E-state index in [0.29, 0.717) is 32.5 Å². The Bertz CT molecular complexity index is 1470. The van der Waals surface area contributed by atoms with Crippen LogP contribution in [-0.4, -0.2) is 66.0 Å². The van der Waals surface area contributed by atoms with E-state index in [9.17, 15) is 20.1 Å². The van der Waals surface area contributed by atoms with E-state index in [4.69, 9.17) is 14.9 Å². The van der Waals surface area contributed by atoms with Crippen LogP contribution in [0.3, 0.4) is 0 Å². The van der Waals surface area contributed by atoms with E-state index in [1.54, 1.807) is 23.0 Å². The van der Waals surface area contributed by atoms with Crippen molar-refractivity contribution >= 4 is 51.6 Å². The molecule has 3 aromatic heterocycles. The zero-order valence-corrected chi connectivity index (χ0v) is 20.4. The van der Waals surface area contributed by atoms with E-state index in [1.165, 1.54) is 23.5 Å². The van der Waals surface area contributed by atoms with Crippen molar-refractivity contribution < 1.29 is 24.5 Å². The molecule has 184 valence electrons. The van der Waals surface area contributed by atoms with E-state index in [1.807, 2.05) is 19.1 Å². The first kappa shape index (κ1) is 24.0. The molecule has 11 nitrogen and oxygen atoms in total. The molecule has 0 aliphatic carbocycles. The Hall–Kier alpha value is -2.68. The van der Waals surface area contributed by atoms with Gasteiger partial charge in [0, 0.05) is 16.7 Å². The maximum absolute atomic E-state index is 12.5. The van der Waals surface area contributed by atoms with Crippen LogP contribution in [0.2, 0.25) is 0 Å². The number of thioether (sulfide) groups is 2. The molecule has 5 N–H and O–H groups in total. The summed E-state index contributed by atoms with van der Waals surface area (Å²) in [4.78, 5) is 25.8. The van der Waals surface area contributed by atoms with Gasteiger partial charge in [0.15, 0.2) is 17.0 Å². The predicted octanol–water partition coefficient (Wildman–Crippen LogP) is 1.45. The third-order valence-corrected chi connectivity index (χ3v) is 7.44. The number of anilines is 1. The van der Waals surface area contributed by atoms with Gasteiger partial charge in [0.05, 0.1) is 6.61 Å². The SMILES string of the molecule is CSc1nc2c(SCc3cc4cc(C)ccc4oc3=O)nc(N)nc2n1[C@@H]1O[C@H](CO)[C@@H](O)[C@H]1O. The first-order valence-corrected chi connectivity index (χ1v) is 12.9. The molecule has 4 aromatic rings. The van der Waals surface area contributed by atoms with Crippen LogP contribution in [-0.2, 0) is 10.5 Å². The Labute approximate surface area is 207 Å². The summed E-state index contributed by atoms with van der Waals surface area (Å²) in [6.07, 6.45) is -2.77. The molecule has 0 radical (unpaired) electrons. The Kier molecular flexibility index (Phi) is 6.46. The fraction of sp³-hybridized carbons (Fsp3) is 0.364. The third kappa shape index (κ3) is 4.28. The van der Waals surface area contributed by atoms with Crippen molar-refractivity contribution in [3.63, 3.8) is 0 Å². The maximum atomic E-state index is 12.5. The highest BCUT2D eigenvalue weighted by Gasteiger charge is 2.45. The summed E-state index contributed by atoms with van der Waals surface area (Å²) in [5, 5.41) is 32.0. The number of aliphatic hydroxyl groups is 3. The summed E-state index contributed by atoms with van der Waals surface area (Å²) in [5.74, 6) is 0.231. The highest BCUT2D eigenvalue weighted by Crippen LogP contribution is 2.37. The van der Waals surface area contributed by atoms with Gasteiger partial charge in [-0.25, -0.2) is 14.8 Å². The molecule has 0 bridgehead atoms. The van der Waals surface area contributed by atoms with Crippen LogP contribution in [0.4, 0.5) is 5.95 Å². The van der Waals surface area contributed by atoms with Crippen LogP contribution >= 0.6 is 23.5 Å². The molecule has 5 rings (SSSR count). The van der Waals surface area contributed by atoms with Gasteiger partial charge in [-0.1, -0.05) is 35.2 Å². The summed E-state index contributed by atoms with van der Waals surface area (Å²) in [6.45, 7) is 1.51. The molecule has 35 heavy (non-hydrogen) atoms. The molecule has 4 heterocycles. The molecular weight excluding hydrogens is 494 g/mol. The smallest absolute Gasteiger partial charge is 0.340 e. The number of hydrogen-bond acceptors (Lipinski definition) is 12. The van der Waals surface area contributed by atoms with E-state index in [0.717, 1.165) is 10.9 Å². The number of fused-ring (bicyclic) bond motifs is 2. The first-order valence-electron chi connectivity index (χ1n) is 10.7. The standard InChI is InChI=1S/C22H23N5O6S2/c1-9-3-4-12-10(5-9)6-11(20(31)33-12)8-35-18-14-17(25-21(23)26-18)27(22(24-14)34-2)19-16(30)15(29)13(7-28)32-19/h3-6,13,15-16,19,28-30H,7-8H2,1-2H3,(H2,23,25,26)/t13-,15-,16-,19-/m1/s1. The molecule has 13 heteroatoms. The summed E-state index contributed by atoms with van der Waals surface area (Å²) in [7, 11) is 0. The van der Waals surface area contributed by atoms with Crippen molar-refractivity contribution in [3.8, 4) is 0 Å². The number of nitrogens with zero attached hydrogens (tertiary/aromatic N) is 4. The van der Waals surface area contributed by atoms with E-state index >= 15 is 0 Å². The monoisotopic (exact) mass is 517 g/mol. The number of nitrogens with two attached hydrogens (primary N) is 1. The van der Waals surface area contributed by atoms with Crippen molar-refractivity contribution in [2.24, 2.45) is 0 Å². The topological polar surface area (TPSA) is 170 Å². The van der Waals surface area contributed by atoms with Gasteiger partial charge in [-0.2, -0.15) is 4.98 Å². The minimum Gasteiger partial charge on any atom is -0.423 e. The second-order valence-electron chi connectivity index (χ2n) is 8.15. The van der Waals surface area contributed by atoms with Crippen LogP contribution in [0.1, 0.15) is 17.4 Å². The number of rotatable bonds is 6. The quantitative estimate of drug-likeness (QED) is 0.165. The Morgan fingerprint density at radius 2 is 1.97 bits per heavy atom. The van der Waals surface area contributed by atoms with Gasteiger partial charge in [-0.15, -0.1) is 0 Å². The van der Waals surface area contributed by atoms with Crippen LogP contribution in [0.15, 0.2) is 43.7 Å². The van der Waals surface area contributed by atoms with Crippen LogP contribution in [0.25, 0.3) is 22.1 Å². The van der Waals surface area contributed by atoms with Gasteiger partial charge < -0.3 is 30.2 Å². The lowest BCUT2D eigenvalue weighted by Crippen LogP contribution is -2.33. The average molecular weight is 518 g/mol. The lowest BCUT2D eigenvalue weighted by Gasteiger charge is -2.18. The Morgan fingerprint density at radius 3 is 2.69 bits per heavy atom. The average Bonchev–Trinajstić information content (AvgIpc) is 3.34. The van der Waals surface area contributed by atoms with Crippen molar-refractivity contribution in [1.82, 2.24) is 19.5 Å². The Morgan fingerprint density at radius 1 is 1.17 bits per heavy atom. The number of imidazole rings is 1. The van der Waals surface area contributed by atoms with E-state index < -0.39 is 36.8 Å². The highest BCUT2D eigenvalue weighted by atomic mass is 32.2. The molecule has 4 atom stereocenters. The van der Waals surface area contributed by atoms with E-state index in [-0.39, 0.29) is 11.7 Å². The predicted molar refractivity (Wildman–Crippen MR) is 131 cm³/mol. The minimum absolute atomic E-state index is 0.0262. The third-order valence-electron chi connectivity index (χ3n) is 5.77. The lowest BCUT2D eigenvalue weighted by atomic mass is 10.1. The summed E-state index contributed by atoms with van der Waals surface area (Å²) in [6, 6.07) is 7.40. The van der Waals surface area contributed by atoms with E-state index in [2.05, 4.69) is 15.0 Å². The van der Waals surface area contributed by atoms with Crippen molar-refractivity contribution in [3.05, 3.63) is 45.8 Å². The van der Waals surface area contributed by atoms with Crippen molar-refractivity contribution in [1.29, 1.82) is 0 Å². The van der Waals surface area contributed by atoms with Crippen LogP contribution in [0.5, 0.6) is 0 Å². The van der Waals surface area contributed by atoms with Crippen molar-refractivity contribution in [2.75, 3.05) is 18.6 Å². The molecular formula is C22H23N5O6S2. The highest BCUT2D eigenvalue weighted by molar-refractivity contribution is 7.98. The number of benzene rings is 1. The molecule has 1 aliphatic rings.